The van der Waals surface area contributed by atoms with Crippen LogP contribution in [0.1, 0.15) is 19.4 Å². The molecular formula is C18H31IN4O2. The van der Waals surface area contributed by atoms with E-state index in [0.29, 0.717) is 13.2 Å². The summed E-state index contributed by atoms with van der Waals surface area (Å²) >= 11 is 0. The zero-order valence-electron chi connectivity index (χ0n) is 15.3. The second kappa shape index (κ2) is 13.2. The van der Waals surface area contributed by atoms with Crippen molar-refractivity contribution in [3.63, 3.8) is 0 Å². The van der Waals surface area contributed by atoms with E-state index in [1.807, 2.05) is 18.2 Å². The molecule has 0 amide bonds. The zero-order chi connectivity index (χ0) is 17.0. The molecular weight excluding hydrogens is 431 g/mol. The largest absolute Gasteiger partial charge is 0.492 e. The highest BCUT2D eigenvalue weighted by molar-refractivity contribution is 14.0. The minimum Gasteiger partial charge on any atom is -0.492 e. The molecule has 7 heteroatoms. The summed E-state index contributed by atoms with van der Waals surface area (Å²) in [5.41, 5.74) is 1.10. The molecule has 0 spiro atoms. The van der Waals surface area contributed by atoms with E-state index < -0.39 is 0 Å². The Balaban J connectivity index is 0.00000312. The second-order valence-electron chi connectivity index (χ2n) is 5.64. The lowest BCUT2D eigenvalue weighted by molar-refractivity contribution is 0.0322. The van der Waals surface area contributed by atoms with Gasteiger partial charge in [0.25, 0.3) is 0 Å². The molecule has 6 nitrogen and oxygen atoms in total. The summed E-state index contributed by atoms with van der Waals surface area (Å²) < 4.78 is 11.4. The van der Waals surface area contributed by atoms with Crippen molar-refractivity contribution in [1.29, 1.82) is 0 Å². The molecule has 1 saturated heterocycles. The Hall–Kier alpha value is -1.06. The topological polar surface area (TPSA) is 58.1 Å². The Morgan fingerprint density at radius 2 is 1.84 bits per heavy atom. The number of para-hydroxylation sites is 1. The maximum absolute atomic E-state index is 6.00. The fourth-order valence-corrected chi connectivity index (χ4v) is 2.56. The maximum atomic E-state index is 6.00. The predicted octanol–water partition coefficient (Wildman–Crippen LogP) is 2.09. The summed E-state index contributed by atoms with van der Waals surface area (Å²) in [5, 5.41) is 6.48. The number of rotatable bonds is 8. The van der Waals surface area contributed by atoms with Crippen LogP contribution in [0.4, 0.5) is 0 Å². The quantitative estimate of drug-likeness (QED) is 0.352. The van der Waals surface area contributed by atoms with Gasteiger partial charge in [0.15, 0.2) is 5.96 Å². The van der Waals surface area contributed by atoms with Gasteiger partial charge in [-0.3, -0.25) is 4.90 Å². The van der Waals surface area contributed by atoms with Gasteiger partial charge in [0.2, 0.25) is 0 Å². The summed E-state index contributed by atoms with van der Waals surface area (Å²) in [6.45, 7) is 11.7. The minimum atomic E-state index is 0. The Bertz CT molecular complexity index is 500. The molecule has 1 fully saturated rings. The average molecular weight is 462 g/mol. The summed E-state index contributed by atoms with van der Waals surface area (Å²) in [6.07, 6.45) is 0. The smallest absolute Gasteiger partial charge is 0.191 e. The number of halogens is 1. The molecule has 2 rings (SSSR count). The van der Waals surface area contributed by atoms with Crippen LogP contribution in [0.3, 0.4) is 0 Å². The van der Waals surface area contributed by atoms with Crippen LogP contribution < -0.4 is 15.4 Å². The highest BCUT2D eigenvalue weighted by Crippen LogP contribution is 2.18. The molecule has 0 saturated carbocycles. The molecule has 1 aromatic rings. The van der Waals surface area contributed by atoms with Crippen LogP contribution >= 0.6 is 24.0 Å². The van der Waals surface area contributed by atoms with Crippen molar-refractivity contribution in [2.45, 2.75) is 20.4 Å². The Morgan fingerprint density at radius 1 is 1.16 bits per heavy atom. The molecule has 1 aliphatic heterocycles. The third-order valence-corrected chi connectivity index (χ3v) is 3.84. The lowest BCUT2D eigenvalue weighted by Gasteiger charge is -2.26. The van der Waals surface area contributed by atoms with Crippen LogP contribution in [0, 0.1) is 0 Å². The van der Waals surface area contributed by atoms with E-state index in [1.165, 1.54) is 0 Å². The molecule has 1 heterocycles. The van der Waals surface area contributed by atoms with Gasteiger partial charge in [-0.1, -0.05) is 18.2 Å². The van der Waals surface area contributed by atoms with E-state index in [0.717, 1.165) is 63.2 Å². The van der Waals surface area contributed by atoms with Crippen molar-refractivity contribution in [2.24, 2.45) is 4.99 Å². The third-order valence-electron chi connectivity index (χ3n) is 3.84. The molecule has 2 N–H and O–H groups in total. The molecule has 0 unspecified atom stereocenters. The number of nitrogens with one attached hydrogen (secondary N) is 2. The molecule has 0 bridgehead atoms. The van der Waals surface area contributed by atoms with Gasteiger partial charge in [0, 0.05) is 38.3 Å². The van der Waals surface area contributed by atoms with E-state index in [4.69, 9.17) is 9.47 Å². The Morgan fingerprint density at radius 3 is 2.52 bits per heavy atom. The summed E-state index contributed by atoms with van der Waals surface area (Å²) in [7, 11) is 0. The zero-order valence-corrected chi connectivity index (χ0v) is 17.6. The van der Waals surface area contributed by atoms with Crippen LogP contribution in [-0.2, 0) is 11.3 Å². The van der Waals surface area contributed by atoms with Gasteiger partial charge in [-0.25, -0.2) is 4.99 Å². The molecule has 0 atom stereocenters. The van der Waals surface area contributed by atoms with E-state index >= 15 is 0 Å². The maximum Gasteiger partial charge on any atom is 0.191 e. The SMILES string of the molecule is CCNC(=NCc1ccccc1OCCN1CCOCC1)NCC.I. The molecule has 0 radical (unpaired) electrons. The first-order chi connectivity index (χ1) is 11.8. The number of nitrogens with zero attached hydrogens (tertiary/aromatic N) is 2. The summed E-state index contributed by atoms with van der Waals surface area (Å²) in [5.74, 6) is 1.75. The second-order valence-corrected chi connectivity index (χ2v) is 5.64. The van der Waals surface area contributed by atoms with Crippen molar-refractivity contribution >= 4 is 29.9 Å². The summed E-state index contributed by atoms with van der Waals surface area (Å²) in [4.78, 5) is 6.99. The first kappa shape index (κ1) is 22.0. The Kier molecular flexibility index (Phi) is 11.6. The standard InChI is InChI=1S/C18H30N4O2.HI/c1-3-19-18(20-4-2)21-15-16-7-5-6-8-17(16)24-14-11-22-9-12-23-13-10-22;/h5-8H,3-4,9-15H2,1-2H3,(H2,19,20,21);1H. The normalized spacial score (nSPS) is 14.3. The molecule has 1 aliphatic rings. The fraction of sp³-hybridized carbons (Fsp3) is 0.611. The van der Waals surface area contributed by atoms with Crippen LogP contribution in [0.2, 0.25) is 0 Å². The number of guanidine groups is 1. The van der Waals surface area contributed by atoms with Crippen molar-refractivity contribution in [3.8, 4) is 5.75 Å². The Labute approximate surface area is 168 Å². The number of aliphatic imine (C=N–C) groups is 1. The first-order valence-electron chi connectivity index (χ1n) is 8.86. The van der Waals surface area contributed by atoms with E-state index in [1.54, 1.807) is 0 Å². The monoisotopic (exact) mass is 462 g/mol. The lowest BCUT2D eigenvalue weighted by atomic mass is 10.2. The van der Waals surface area contributed by atoms with Gasteiger partial charge >= 0.3 is 0 Å². The molecule has 0 aliphatic carbocycles. The lowest BCUT2D eigenvalue weighted by Crippen LogP contribution is -2.38. The molecule has 0 aromatic heterocycles. The van der Waals surface area contributed by atoms with Gasteiger partial charge in [-0.15, -0.1) is 24.0 Å². The van der Waals surface area contributed by atoms with Crippen LogP contribution in [0.25, 0.3) is 0 Å². The van der Waals surface area contributed by atoms with E-state index in [-0.39, 0.29) is 24.0 Å². The first-order valence-corrected chi connectivity index (χ1v) is 8.86. The number of ether oxygens (including phenoxy) is 2. The number of hydrogen-bond acceptors (Lipinski definition) is 4. The van der Waals surface area contributed by atoms with E-state index in [9.17, 15) is 0 Å². The number of benzene rings is 1. The highest BCUT2D eigenvalue weighted by Gasteiger charge is 2.10. The predicted molar refractivity (Wildman–Crippen MR) is 113 cm³/mol. The average Bonchev–Trinajstić information content (AvgIpc) is 2.62. The van der Waals surface area contributed by atoms with Gasteiger partial charge < -0.3 is 20.1 Å². The molecule has 25 heavy (non-hydrogen) atoms. The minimum absolute atomic E-state index is 0. The van der Waals surface area contributed by atoms with Gasteiger partial charge in [-0.05, 0) is 19.9 Å². The van der Waals surface area contributed by atoms with Crippen molar-refractivity contribution in [3.05, 3.63) is 29.8 Å². The summed E-state index contributed by atoms with van der Waals surface area (Å²) in [6, 6.07) is 8.13. The highest BCUT2D eigenvalue weighted by atomic mass is 127. The van der Waals surface area contributed by atoms with Gasteiger partial charge in [-0.2, -0.15) is 0 Å². The third kappa shape index (κ3) is 8.24. The van der Waals surface area contributed by atoms with Crippen molar-refractivity contribution in [1.82, 2.24) is 15.5 Å². The van der Waals surface area contributed by atoms with E-state index in [2.05, 4.69) is 40.4 Å². The number of hydrogen-bond donors (Lipinski definition) is 2. The number of morpholine rings is 1. The van der Waals surface area contributed by atoms with Crippen LogP contribution in [0.5, 0.6) is 5.75 Å². The fourth-order valence-electron chi connectivity index (χ4n) is 2.56. The van der Waals surface area contributed by atoms with Crippen molar-refractivity contribution < 1.29 is 9.47 Å². The van der Waals surface area contributed by atoms with Crippen LogP contribution in [-0.4, -0.2) is 63.4 Å². The van der Waals surface area contributed by atoms with Gasteiger partial charge in [0.1, 0.15) is 12.4 Å². The molecule has 1 aromatic carbocycles. The molecule has 142 valence electrons. The van der Waals surface area contributed by atoms with Gasteiger partial charge in [0.05, 0.1) is 19.8 Å². The van der Waals surface area contributed by atoms with Crippen LogP contribution in [0.15, 0.2) is 29.3 Å². The van der Waals surface area contributed by atoms with Crippen molar-refractivity contribution in [2.75, 3.05) is 52.5 Å².